The van der Waals surface area contributed by atoms with Crippen LogP contribution in [0.1, 0.15) is 0 Å². The van der Waals surface area contributed by atoms with Crippen LogP contribution in [0, 0.1) is 10.1 Å². The fraction of sp³-hybridized carbons (Fsp3) is 0. The minimum Gasteiger partial charge on any atom is -0.258 e. The monoisotopic (exact) mass is 298 g/mol. The Balaban J connectivity index is 2.14. The van der Waals surface area contributed by atoms with Gasteiger partial charge in [0.15, 0.2) is 0 Å². The molecular formula is C19H10N2O2. The van der Waals surface area contributed by atoms with Gasteiger partial charge in [0.25, 0.3) is 5.69 Å². The first-order chi connectivity index (χ1) is 11.2. The molecule has 0 aliphatic heterocycles. The Morgan fingerprint density at radius 1 is 0.739 bits per heavy atom. The molecule has 0 atom stereocenters. The van der Waals surface area contributed by atoms with Gasteiger partial charge >= 0.3 is 0 Å². The van der Waals surface area contributed by atoms with Crippen molar-refractivity contribution in [1.82, 2.24) is 4.98 Å². The van der Waals surface area contributed by atoms with Crippen molar-refractivity contribution in [3.8, 4) is 0 Å². The molecular weight excluding hydrogens is 288 g/mol. The highest BCUT2D eigenvalue weighted by molar-refractivity contribution is 6.28. The van der Waals surface area contributed by atoms with Gasteiger partial charge in [-0.25, -0.2) is 4.98 Å². The van der Waals surface area contributed by atoms with Gasteiger partial charge in [-0.2, -0.15) is 0 Å². The third-order valence-electron chi connectivity index (χ3n) is 4.50. The van der Waals surface area contributed by atoms with Crippen LogP contribution in [0.5, 0.6) is 0 Å². The van der Waals surface area contributed by atoms with Gasteiger partial charge in [0.1, 0.15) is 0 Å². The Bertz CT molecular complexity index is 1240. The predicted octanol–water partition coefficient (Wildman–Crippen LogP) is 5.04. The molecule has 108 valence electrons. The molecule has 0 aliphatic rings. The van der Waals surface area contributed by atoms with Gasteiger partial charge in [-0.1, -0.05) is 30.3 Å². The summed E-state index contributed by atoms with van der Waals surface area (Å²) in [6, 6.07) is 19.2. The van der Waals surface area contributed by atoms with Crippen LogP contribution < -0.4 is 0 Å². The van der Waals surface area contributed by atoms with Gasteiger partial charge < -0.3 is 0 Å². The Kier molecular flexibility index (Phi) is 2.21. The van der Waals surface area contributed by atoms with Crippen LogP contribution in [0.3, 0.4) is 0 Å². The number of fused-ring (bicyclic) bond motifs is 2. The maximum absolute atomic E-state index is 11.3. The van der Waals surface area contributed by atoms with Crippen LogP contribution >= 0.6 is 0 Å². The van der Waals surface area contributed by atoms with E-state index < -0.39 is 0 Å². The Morgan fingerprint density at radius 2 is 1.52 bits per heavy atom. The summed E-state index contributed by atoms with van der Waals surface area (Å²) in [5.74, 6) is 0. The van der Waals surface area contributed by atoms with Crippen molar-refractivity contribution >= 4 is 49.0 Å². The molecule has 0 radical (unpaired) electrons. The van der Waals surface area contributed by atoms with Crippen molar-refractivity contribution < 1.29 is 4.92 Å². The molecule has 23 heavy (non-hydrogen) atoms. The highest BCUT2D eigenvalue weighted by Crippen LogP contribution is 2.39. The number of benzene rings is 4. The van der Waals surface area contributed by atoms with Crippen LogP contribution in [0.2, 0.25) is 0 Å². The molecule has 0 saturated carbocycles. The molecule has 0 bridgehead atoms. The lowest BCUT2D eigenvalue weighted by Crippen LogP contribution is -1.93. The maximum Gasteiger partial charge on any atom is 0.277 e. The Hall–Kier alpha value is -3.27. The summed E-state index contributed by atoms with van der Waals surface area (Å²) in [6.45, 7) is 0. The number of nitrogens with zero attached hydrogens (tertiary/aromatic N) is 2. The quantitative estimate of drug-likeness (QED) is 0.188. The highest BCUT2D eigenvalue weighted by Gasteiger charge is 2.18. The van der Waals surface area contributed by atoms with Crippen molar-refractivity contribution in [2.24, 2.45) is 0 Å². The van der Waals surface area contributed by atoms with Crippen LogP contribution in [-0.2, 0) is 0 Å². The number of para-hydroxylation sites is 1. The number of non-ortho nitro benzene ring substituents is 1. The number of hydrogen-bond donors (Lipinski definition) is 0. The van der Waals surface area contributed by atoms with Gasteiger partial charge in [0.2, 0.25) is 0 Å². The van der Waals surface area contributed by atoms with Crippen LogP contribution in [-0.4, -0.2) is 9.91 Å². The molecule has 4 heteroatoms. The van der Waals surface area contributed by atoms with E-state index in [1.807, 2.05) is 54.6 Å². The van der Waals surface area contributed by atoms with Gasteiger partial charge in [-0.05, 0) is 35.0 Å². The number of rotatable bonds is 1. The summed E-state index contributed by atoms with van der Waals surface area (Å²) < 4.78 is 0. The van der Waals surface area contributed by atoms with Crippen LogP contribution in [0.4, 0.5) is 5.69 Å². The fourth-order valence-electron chi connectivity index (χ4n) is 3.52. The van der Waals surface area contributed by atoms with E-state index in [0.29, 0.717) is 5.39 Å². The summed E-state index contributed by atoms with van der Waals surface area (Å²) in [7, 11) is 0. The molecule has 5 aromatic rings. The van der Waals surface area contributed by atoms with E-state index in [1.165, 1.54) is 0 Å². The molecule has 4 nitrogen and oxygen atoms in total. The molecule has 0 saturated heterocycles. The van der Waals surface area contributed by atoms with Crippen molar-refractivity contribution in [3.63, 3.8) is 0 Å². The van der Waals surface area contributed by atoms with Crippen LogP contribution in [0.15, 0.2) is 60.7 Å². The zero-order valence-corrected chi connectivity index (χ0v) is 12.0. The molecule has 0 aliphatic carbocycles. The Morgan fingerprint density at radius 3 is 2.39 bits per heavy atom. The lowest BCUT2D eigenvalue weighted by Gasteiger charge is -2.12. The van der Waals surface area contributed by atoms with Gasteiger partial charge in [-0.15, -0.1) is 0 Å². The van der Waals surface area contributed by atoms with Crippen molar-refractivity contribution in [2.75, 3.05) is 0 Å². The topological polar surface area (TPSA) is 56.0 Å². The summed E-state index contributed by atoms with van der Waals surface area (Å²) in [5.41, 5.74) is 1.95. The second kappa shape index (κ2) is 4.14. The highest BCUT2D eigenvalue weighted by atomic mass is 16.6. The van der Waals surface area contributed by atoms with E-state index in [2.05, 4.69) is 0 Å². The van der Waals surface area contributed by atoms with E-state index in [0.717, 1.165) is 38.0 Å². The Labute approximate surface area is 130 Å². The molecule has 0 spiro atoms. The molecule has 0 fully saturated rings. The second-order valence-corrected chi connectivity index (χ2v) is 5.69. The molecule has 0 amide bonds. The first-order valence-corrected chi connectivity index (χ1v) is 7.35. The van der Waals surface area contributed by atoms with E-state index in [4.69, 9.17) is 4.98 Å². The van der Waals surface area contributed by atoms with Gasteiger partial charge in [0.05, 0.1) is 21.3 Å². The maximum atomic E-state index is 11.3. The van der Waals surface area contributed by atoms with E-state index in [-0.39, 0.29) is 10.6 Å². The molecule has 4 aromatic carbocycles. The first kappa shape index (κ1) is 12.3. The number of nitro benzene ring substituents is 1. The lowest BCUT2D eigenvalue weighted by molar-refractivity contribution is -0.383. The van der Waals surface area contributed by atoms with Crippen LogP contribution in [0.25, 0.3) is 43.4 Å². The van der Waals surface area contributed by atoms with E-state index in [1.54, 1.807) is 6.07 Å². The molecule has 1 heterocycles. The fourth-order valence-corrected chi connectivity index (χ4v) is 3.52. The molecule has 1 aromatic heterocycles. The third-order valence-corrected chi connectivity index (χ3v) is 4.50. The minimum atomic E-state index is -0.322. The normalized spacial score (nSPS) is 11.8. The SMILES string of the molecule is O=[N+]([O-])c1ccc2ccc3nc4ccccc4c4ccc1c2c34. The number of pyridine rings is 1. The summed E-state index contributed by atoms with van der Waals surface area (Å²) in [4.78, 5) is 15.8. The number of aromatic nitrogens is 1. The first-order valence-electron chi connectivity index (χ1n) is 7.35. The minimum absolute atomic E-state index is 0.139. The van der Waals surface area contributed by atoms with Crippen molar-refractivity contribution in [1.29, 1.82) is 0 Å². The van der Waals surface area contributed by atoms with E-state index >= 15 is 0 Å². The largest absolute Gasteiger partial charge is 0.277 e. The van der Waals surface area contributed by atoms with E-state index in [9.17, 15) is 10.1 Å². The second-order valence-electron chi connectivity index (χ2n) is 5.69. The molecule has 0 unspecified atom stereocenters. The summed E-state index contributed by atoms with van der Waals surface area (Å²) in [5, 5.41) is 17.1. The number of hydrogen-bond acceptors (Lipinski definition) is 3. The summed E-state index contributed by atoms with van der Waals surface area (Å²) in [6.07, 6.45) is 0. The standard InChI is InChI=1S/C19H10N2O2/c22-21(23)17-10-6-11-5-9-16-19-13(7-8-14(17)18(11)19)12-3-1-2-4-15(12)20-16/h1-10H. The average Bonchev–Trinajstić information content (AvgIpc) is 2.58. The van der Waals surface area contributed by atoms with Crippen molar-refractivity contribution in [2.45, 2.75) is 0 Å². The zero-order valence-electron chi connectivity index (χ0n) is 12.0. The molecule has 5 rings (SSSR count). The smallest absolute Gasteiger partial charge is 0.258 e. The zero-order chi connectivity index (χ0) is 15.6. The summed E-state index contributed by atoms with van der Waals surface area (Å²) >= 11 is 0. The van der Waals surface area contributed by atoms with Gasteiger partial charge in [0, 0.05) is 22.2 Å². The van der Waals surface area contributed by atoms with Crippen molar-refractivity contribution in [3.05, 3.63) is 70.8 Å². The third kappa shape index (κ3) is 1.52. The number of nitro groups is 1. The average molecular weight is 298 g/mol. The molecule has 0 N–H and O–H groups in total. The predicted molar refractivity (Wildman–Crippen MR) is 92.1 cm³/mol. The lowest BCUT2D eigenvalue weighted by atomic mass is 9.94. The van der Waals surface area contributed by atoms with Gasteiger partial charge in [-0.3, -0.25) is 10.1 Å².